The van der Waals surface area contributed by atoms with Gasteiger partial charge in [0.2, 0.25) is 10.0 Å². The molecule has 1 fully saturated rings. The molecule has 1 N–H and O–H groups in total. The van der Waals surface area contributed by atoms with E-state index in [0.29, 0.717) is 18.0 Å². The van der Waals surface area contributed by atoms with E-state index < -0.39 is 10.0 Å². The van der Waals surface area contributed by atoms with E-state index in [2.05, 4.69) is 0 Å². The van der Waals surface area contributed by atoms with E-state index in [1.54, 1.807) is 28.6 Å². The Labute approximate surface area is 131 Å². The summed E-state index contributed by atoms with van der Waals surface area (Å²) in [6.07, 6.45) is 1.84. The molecule has 0 saturated carbocycles. The molecule has 116 valence electrons. The van der Waals surface area contributed by atoms with Crippen LogP contribution in [0.4, 0.5) is 0 Å². The van der Waals surface area contributed by atoms with Crippen LogP contribution in [0, 0.1) is 6.92 Å². The topological polar surface area (TPSA) is 57.6 Å². The van der Waals surface area contributed by atoms with Gasteiger partial charge < -0.3 is 5.11 Å². The molecule has 3 rings (SSSR count). The zero-order chi connectivity index (χ0) is 15.7. The zero-order valence-electron chi connectivity index (χ0n) is 12.5. The van der Waals surface area contributed by atoms with Crippen molar-refractivity contribution in [2.75, 3.05) is 13.1 Å². The second-order valence-corrected chi connectivity index (χ2v) is 7.58. The van der Waals surface area contributed by atoms with Crippen LogP contribution in [-0.4, -0.2) is 30.9 Å². The first-order valence-corrected chi connectivity index (χ1v) is 8.83. The number of rotatable bonds is 3. The number of nitrogens with zero attached hydrogens (tertiary/aromatic N) is 1. The van der Waals surface area contributed by atoms with Crippen LogP contribution in [0.25, 0.3) is 11.1 Å². The Morgan fingerprint density at radius 3 is 2.36 bits per heavy atom. The molecule has 1 heterocycles. The second-order valence-electron chi connectivity index (χ2n) is 5.64. The van der Waals surface area contributed by atoms with Gasteiger partial charge in [-0.3, -0.25) is 0 Å². The molecule has 1 saturated heterocycles. The standard InChI is InChI=1S/C17H19NO3S/c1-13-7-8-15(12-17(13)19)14-5-4-6-16(11-14)22(20,21)18-9-2-3-10-18/h4-8,11-12,19H,2-3,9-10H2,1H3. The summed E-state index contributed by atoms with van der Waals surface area (Å²) in [5.74, 6) is 0.213. The van der Waals surface area contributed by atoms with E-state index in [0.717, 1.165) is 29.5 Å². The Kier molecular flexibility index (Phi) is 3.93. The number of hydrogen-bond donors (Lipinski definition) is 1. The first-order valence-electron chi connectivity index (χ1n) is 7.39. The van der Waals surface area contributed by atoms with Gasteiger partial charge in [-0.1, -0.05) is 24.3 Å². The molecular formula is C17H19NO3S. The van der Waals surface area contributed by atoms with Crippen molar-refractivity contribution in [2.45, 2.75) is 24.7 Å². The van der Waals surface area contributed by atoms with Crippen molar-refractivity contribution < 1.29 is 13.5 Å². The predicted octanol–water partition coefficient (Wildman–Crippen LogP) is 3.15. The van der Waals surface area contributed by atoms with Crippen LogP contribution >= 0.6 is 0 Å². The predicted molar refractivity (Wildman–Crippen MR) is 86.3 cm³/mol. The zero-order valence-corrected chi connectivity index (χ0v) is 13.3. The molecule has 0 aromatic heterocycles. The quantitative estimate of drug-likeness (QED) is 0.946. The van der Waals surface area contributed by atoms with Crippen LogP contribution in [0.2, 0.25) is 0 Å². The number of phenolic OH excluding ortho intramolecular Hbond substituents is 1. The summed E-state index contributed by atoms with van der Waals surface area (Å²) in [5.41, 5.74) is 2.39. The average molecular weight is 317 g/mol. The van der Waals surface area contributed by atoms with E-state index in [-0.39, 0.29) is 5.75 Å². The third-order valence-electron chi connectivity index (χ3n) is 4.08. The minimum Gasteiger partial charge on any atom is -0.508 e. The summed E-state index contributed by atoms with van der Waals surface area (Å²) in [6, 6.07) is 12.3. The highest BCUT2D eigenvalue weighted by molar-refractivity contribution is 7.89. The molecule has 0 spiro atoms. The van der Waals surface area contributed by atoms with E-state index in [9.17, 15) is 13.5 Å². The molecule has 0 amide bonds. The Bertz CT molecular complexity index is 793. The lowest BCUT2D eigenvalue weighted by atomic mass is 10.0. The SMILES string of the molecule is Cc1ccc(-c2cccc(S(=O)(=O)N3CCCC3)c2)cc1O. The molecule has 22 heavy (non-hydrogen) atoms. The molecule has 1 aliphatic rings. The number of phenols is 1. The van der Waals surface area contributed by atoms with Gasteiger partial charge in [0.25, 0.3) is 0 Å². The van der Waals surface area contributed by atoms with Gasteiger partial charge in [0, 0.05) is 13.1 Å². The lowest BCUT2D eigenvalue weighted by Gasteiger charge is -2.16. The second kappa shape index (κ2) is 5.74. The maximum absolute atomic E-state index is 12.6. The van der Waals surface area contributed by atoms with Gasteiger partial charge in [-0.15, -0.1) is 0 Å². The Hall–Kier alpha value is -1.85. The van der Waals surface area contributed by atoms with Crippen molar-refractivity contribution in [3.05, 3.63) is 48.0 Å². The lowest BCUT2D eigenvalue weighted by Crippen LogP contribution is -2.27. The minimum atomic E-state index is -3.42. The Morgan fingerprint density at radius 2 is 1.68 bits per heavy atom. The van der Waals surface area contributed by atoms with Gasteiger partial charge in [-0.2, -0.15) is 4.31 Å². The van der Waals surface area contributed by atoms with Crippen molar-refractivity contribution in [3.8, 4) is 16.9 Å². The van der Waals surface area contributed by atoms with Crippen LogP contribution in [0.15, 0.2) is 47.4 Å². The molecular weight excluding hydrogens is 298 g/mol. The summed E-state index contributed by atoms with van der Waals surface area (Å²) in [6.45, 7) is 3.02. The number of sulfonamides is 1. The third-order valence-corrected chi connectivity index (χ3v) is 5.97. The maximum atomic E-state index is 12.6. The Morgan fingerprint density at radius 1 is 1.00 bits per heavy atom. The fourth-order valence-electron chi connectivity index (χ4n) is 2.70. The normalized spacial score (nSPS) is 16.0. The molecule has 2 aromatic rings. The summed E-state index contributed by atoms with van der Waals surface area (Å²) >= 11 is 0. The first kappa shape index (κ1) is 15.1. The van der Waals surface area contributed by atoms with Gasteiger partial charge in [-0.05, 0) is 54.7 Å². The largest absolute Gasteiger partial charge is 0.508 e. The summed E-state index contributed by atoms with van der Waals surface area (Å²) in [4.78, 5) is 0.312. The molecule has 0 unspecified atom stereocenters. The van der Waals surface area contributed by atoms with Gasteiger partial charge in [0.1, 0.15) is 5.75 Å². The molecule has 1 aliphatic heterocycles. The van der Waals surface area contributed by atoms with Crippen LogP contribution in [0.1, 0.15) is 18.4 Å². The van der Waals surface area contributed by atoms with E-state index in [1.807, 2.05) is 25.1 Å². The summed E-state index contributed by atoms with van der Waals surface area (Å²) in [7, 11) is -3.42. The van der Waals surface area contributed by atoms with Crippen molar-refractivity contribution in [1.29, 1.82) is 0 Å². The number of aryl methyl sites for hydroxylation is 1. The van der Waals surface area contributed by atoms with Crippen LogP contribution in [0.5, 0.6) is 5.75 Å². The molecule has 2 aromatic carbocycles. The van der Waals surface area contributed by atoms with Crippen molar-refractivity contribution in [3.63, 3.8) is 0 Å². The van der Waals surface area contributed by atoms with Crippen LogP contribution in [-0.2, 0) is 10.0 Å². The average Bonchev–Trinajstić information content (AvgIpc) is 3.05. The fraction of sp³-hybridized carbons (Fsp3) is 0.294. The molecule has 0 radical (unpaired) electrons. The maximum Gasteiger partial charge on any atom is 0.243 e. The smallest absolute Gasteiger partial charge is 0.243 e. The third kappa shape index (κ3) is 2.74. The summed E-state index contributed by atoms with van der Waals surface area (Å²) in [5, 5.41) is 9.84. The molecule has 0 atom stereocenters. The lowest BCUT2D eigenvalue weighted by molar-refractivity contribution is 0.471. The van der Waals surface area contributed by atoms with Gasteiger partial charge in [-0.25, -0.2) is 8.42 Å². The highest BCUT2D eigenvalue weighted by Gasteiger charge is 2.27. The monoisotopic (exact) mass is 317 g/mol. The molecule has 0 bridgehead atoms. The van der Waals surface area contributed by atoms with Crippen LogP contribution in [0.3, 0.4) is 0 Å². The minimum absolute atomic E-state index is 0.213. The van der Waals surface area contributed by atoms with E-state index in [4.69, 9.17) is 0 Å². The van der Waals surface area contributed by atoms with Crippen molar-refractivity contribution in [1.82, 2.24) is 4.31 Å². The van der Waals surface area contributed by atoms with Gasteiger partial charge in [0.05, 0.1) is 4.90 Å². The highest BCUT2D eigenvalue weighted by atomic mass is 32.2. The molecule has 5 heteroatoms. The van der Waals surface area contributed by atoms with Gasteiger partial charge in [0.15, 0.2) is 0 Å². The highest BCUT2D eigenvalue weighted by Crippen LogP contribution is 2.29. The van der Waals surface area contributed by atoms with Crippen LogP contribution < -0.4 is 0 Å². The fourth-order valence-corrected chi connectivity index (χ4v) is 4.27. The van der Waals surface area contributed by atoms with E-state index in [1.165, 1.54) is 0 Å². The molecule has 0 aliphatic carbocycles. The first-order chi connectivity index (χ1) is 10.5. The number of aromatic hydroxyl groups is 1. The molecule has 4 nitrogen and oxygen atoms in total. The van der Waals surface area contributed by atoms with E-state index >= 15 is 0 Å². The van der Waals surface area contributed by atoms with Crippen molar-refractivity contribution in [2.24, 2.45) is 0 Å². The summed E-state index contributed by atoms with van der Waals surface area (Å²) < 4.78 is 26.8. The van der Waals surface area contributed by atoms with Crippen molar-refractivity contribution >= 4 is 10.0 Å². The Balaban J connectivity index is 2.00. The van der Waals surface area contributed by atoms with Gasteiger partial charge >= 0.3 is 0 Å². The number of hydrogen-bond acceptors (Lipinski definition) is 3. The number of benzene rings is 2.